The Hall–Kier alpha value is -3.07. The van der Waals surface area contributed by atoms with Crippen LogP contribution in [0.25, 0.3) is 0 Å². The summed E-state index contributed by atoms with van der Waals surface area (Å²) in [5.74, 6) is -0.387. The summed E-state index contributed by atoms with van der Waals surface area (Å²) >= 11 is 0. The first-order chi connectivity index (χ1) is 17.4. The number of carbonyl (C=O) groups excluding carboxylic acids is 2. The molecule has 0 aliphatic carbocycles. The number of amides is 2. The van der Waals surface area contributed by atoms with Gasteiger partial charge in [-0.1, -0.05) is 57.2 Å². The zero-order valence-corrected chi connectivity index (χ0v) is 24.7. The predicted molar refractivity (Wildman–Crippen MR) is 153 cm³/mol. The fourth-order valence-electron chi connectivity index (χ4n) is 3.70. The minimum absolute atomic E-state index is 0.0566. The van der Waals surface area contributed by atoms with E-state index in [1.807, 2.05) is 27.7 Å². The lowest BCUT2D eigenvalue weighted by atomic mass is 9.86. The van der Waals surface area contributed by atoms with E-state index < -0.39 is 15.4 Å². The molecule has 38 heavy (non-hydrogen) atoms. The van der Waals surface area contributed by atoms with Gasteiger partial charge >= 0.3 is 12.0 Å². The molecule has 0 heterocycles. The van der Waals surface area contributed by atoms with Crippen LogP contribution in [-0.2, 0) is 31.4 Å². The van der Waals surface area contributed by atoms with Crippen LogP contribution in [0.15, 0.2) is 48.5 Å². The Morgan fingerprint density at radius 2 is 1.50 bits per heavy atom. The molecule has 0 aliphatic rings. The fourth-order valence-corrected chi connectivity index (χ4v) is 4.26. The third-order valence-electron chi connectivity index (χ3n) is 6.02. The number of hydrogen-bond acceptors (Lipinski definition) is 5. The van der Waals surface area contributed by atoms with Gasteiger partial charge in [0.25, 0.3) is 0 Å². The van der Waals surface area contributed by atoms with Crippen molar-refractivity contribution in [3.63, 3.8) is 0 Å². The number of esters is 1. The van der Waals surface area contributed by atoms with Gasteiger partial charge in [-0.2, -0.15) is 0 Å². The molecule has 0 bridgehead atoms. The summed E-state index contributed by atoms with van der Waals surface area (Å²) in [5, 5.41) is 5.81. The van der Waals surface area contributed by atoms with Crippen molar-refractivity contribution in [2.75, 3.05) is 24.1 Å². The number of ether oxygens (including phenoxy) is 1. The summed E-state index contributed by atoms with van der Waals surface area (Å²) in [6.07, 6.45) is 1.74. The second-order valence-electron chi connectivity index (χ2n) is 11.9. The maximum absolute atomic E-state index is 12.7. The largest absolute Gasteiger partial charge is 0.465 e. The molecule has 0 aliphatic heterocycles. The van der Waals surface area contributed by atoms with Crippen LogP contribution in [0.5, 0.6) is 0 Å². The number of urea groups is 1. The lowest BCUT2D eigenvalue weighted by Crippen LogP contribution is -2.41. The van der Waals surface area contributed by atoms with E-state index in [-0.39, 0.29) is 36.0 Å². The molecule has 210 valence electrons. The van der Waals surface area contributed by atoms with Crippen LogP contribution in [0.4, 0.5) is 10.5 Å². The Bertz CT molecular complexity index is 1180. The number of benzene rings is 2. The minimum atomic E-state index is -3.36. The monoisotopic (exact) mass is 545 g/mol. The molecule has 0 radical (unpaired) electrons. The summed E-state index contributed by atoms with van der Waals surface area (Å²) in [6.45, 7) is 14.3. The van der Waals surface area contributed by atoms with Crippen molar-refractivity contribution in [3.05, 3.63) is 65.2 Å². The lowest BCUT2D eigenvalue weighted by molar-refractivity contribution is -0.154. The first-order valence-electron chi connectivity index (χ1n) is 12.8. The highest BCUT2D eigenvalue weighted by Crippen LogP contribution is 2.23. The number of nitrogens with one attached hydrogen (secondary N) is 3. The van der Waals surface area contributed by atoms with Crippen LogP contribution in [0, 0.1) is 11.3 Å². The van der Waals surface area contributed by atoms with Gasteiger partial charge in [0.05, 0.1) is 24.3 Å². The molecule has 2 aromatic rings. The van der Waals surface area contributed by atoms with Crippen LogP contribution < -0.4 is 15.4 Å². The second-order valence-corrected chi connectivity index (χ2v) is 13.7. The molecular formula is C29H43N3O5S. The highest BCUT2D eigenvalue weighted by molar-refractivity contribution is 7.92. The molecule has 2 rings (SSSR count). The molecular weight excluding hydrogens is 502 g/mol. The number of carbonyl (C=O) groups is 2. The predicted octanol–water partition coefficient (Wildman–Crippen LogP) is 5.16. The van der Waals surface area contributed by atoms with E-state index in [0.29, 0.717) is 18.7 Å². The van der Waals surface area contributed by atoms with E-state index in [9.17, 15) is 18.0 Å². The van der Waals surface area contributed by atoms with E-state index in [4.69, 9.17) is 4.74 Å². The van der Waals surface area contributed by atoms with Crippen molar-refractivity contribution in [3.8, 4) is 0 Å². The van der Waals surface area contributed by atoms with Gasteiger partial charge in [0.15, 0.2) is 0 Å². The maximum Gasteiger partial charge on any atom is 0.315 e. The third-order valence-corrected chi connectivity index (χ3v) is 6.63. The first kappa shape index (κ1) is 31.1. The molecule has 2 amide bonds. The average Bonchev–Trinajstić information content (AvgIpc) is 2.79. The molecule has 0 aromatic heterocycles. The maximum atomic E-state index is 12.7. The van der Waals surface area contributed by atoms with Crippen molar-refractivity contribution >= 4 is 27.7 Å². The number of anilines is 1. The highest BCUT2D eigenvalue weighted by atomic mass is 32.2. The molecule has 0 fully saturated rings. The average molecular weight is 546 g/mol. The zero-order valence-electron chi connectivity index (χ0n) is 23.8. The van der Waals surface area contributed by atoms with Gasteiger partial charge in [-0.05, 0) is 68.4 Å². The second kappa shape index (κ2) is 12.7. The number of hydrogen-bond donors (Lipinski definition) is 3. The topological polar surface area (TPSA) is 114 Å². The van der Waals surface area contributed by atoms with Crippen molar-refractivity contribution in [2.24, 2.45) is 11.3 Å². The third kappa shape index (κ3) is 10.7. The van der Waals surface area contributed by atoms with Crippen molar-refractivity contribution in [1.82, 2.24) is 10.6 Å². The minimum Gasteiger partial charge on any atom is -0.465 e. The Labute approximate surface area is 228 Å². The van der Waals surface area contributed by atoms with E-state index in [1.165, 1.54) is 5.56 Å². The molecule has 9 heteroatoms. The highest BCUT2D eigenvalue weighted by Gasteiger charge is 2.25. The van der Waals surface area contributed by atoms with Crippen LogP contribution >= 0.6 is 0 Å². The molecule has 2 atom stereocenters. The van der Waals surface area contributed by atoms with Gasteiger partial charge < -0.3 is 15.4 Å². The standard InChI is InChI=1S/C29H43N3O5S/c1-20(23-11-15-25(16-12-23)32-38(8,35)36)31-27(34)30-18-22(19-37-26(33)29(5,6)7)17-21-9-13-24(14-10-21)28(2,3)4/h9-16,20,22,32H,17-19H2,1-8H3,(H2,30,31,34)/t20-,22?/m1/s1. The summed E-state index contributed by atoms with van der Waals surface area (Å²) in [4.78, 5) is 25.0. The van der Waals surface area contributed by atoms with Gasteiger partial charge in [0.2, 0.25) is 10.0 Å². The summed E-state index contributed by atoms with van der Waals surface area (Å²) in [6, 6.07) is 14.6. The first-order valence-corrected chi connectivity index (χ1v) is 14.7. The van der Waals surface area contributed by atoms with Crippen LogP contribution in [0.1, 0.15) is 71.2 Å². The van der Waals surface area contributed by atoms with Gasteiger partial charge in [-0.3, -0.25) is 9.52 Å². The summed E-state index contributed by atoms with van der Waals surface area (Å²) < 4.78 is 30.8. The lowest BCUT2D eigenvalue weighted by Gasteiger charge is -2.23. The molecule has 1 unspecified atom stereocenters. The Kier molecular flexibility index (Phi) is 10.4. The van der Waals surface area contributed by atoms with Gasteiger partial charge in [0.1, 0.15) is 0 Å². The van der Waals surface area contributed by atoms with E-state index in [1.54, 1.807) is 24.3 Å². The Morgan fingerprint density at radius 1 is 0.921 bits per heavy atom. The smallest absolute Gasteiger partial charge is 0.315 e. The van der Waals surface area contributed by atoms with Crippen LogP contribution in [0.2, 0.25) is 0 Å². The quantitative estimate of drug-likeness (QED) is 0.357. The normalized spacial score (nSPS) is 13.8. The van der Waals surface area contributed by atoms with E-state index in [2.05, 4.69) is 60.4 Å². The SMILES string of the molecule is C[C@@H](NC(=O)NCC(COC(=O)C(C)(C)C)Cc1ccc(C(C)(C)C)cc1)c1ccc(NS(C)(=O)=O)cc1. The van der Waals surface area contributed by atoms with Gasteiger partial charge in [0, 0.05) is 18.2 Å². The summed E-state index contributed by atoms with van der Waals surface area (Å²) in [5.41, 5.74) is 3.08. The fraction of sp³-hybridized carbons (Fsp3) is 0.517. The van der Waals surface area contributed by atoms with E-state index >= 15 is 0 Å². The zero-order chi connectivity index (χ0) is 28.7. The summed E-state index contributed by atoms with van der Waals surface area (Å²) in [7, 11) is -3.36. The number of rotatable bonds is 10. The Morgan fingerprint density at radius 3 is 2.00 bits per heavy atom. The van der Waals surface area contributed by atoms with Crippen molar-refractivity contribution < 1.29 is 22.7 Å². The molecule has 2 aromatic carbocycles. The van der Waals surface area contributed by atoms with E-state index in [0.717, 1.165) is 17.4 Å². The molecule has 3 N–H and O–H groups in total. The molecule has 8 nitrogen and oxygen atoms in total. The van der Waals surface area contributed by atoms with Gasteiger partial charge in [-0.15, -0.1) is 0 Å². The number of sulfonamides is 1. The molecule has 0 spiro atoms. The molecule has 0 saturated heterocycles. The van der Waals surface area contributed by atoms with Gasteiger partial charge in [-0.25, -0.2) is 13.2 Å². The van der Waals surface area contributed by atoms with Crippen LogP contribution in [0.3, 0.4) is 0 Å². The van der Waals surface area contributed by atoms with Crippen molar-refractivity contribution in [2.45, 2.75) is 66.3 Å². The van der Waals surface area contributed by atoms with Crippen molar-refractivity contribution in [1.29, 1.82) is 0 Å². The Balaban J connectivity index is 2.01. The molecule has 0 saturated carbocycles. The van der Waals surface area contributed by atoms with Crippen LogP contribution in [-0.4, -0.2) is 39.8 Å².